The molecule has 2 N–H and O–H groups in total. The summed E-state index contributed by atoms with van der Waals surface area (Å²) in [6, 6.07) is 21.8. The largest absolute Gasteiger partial charge is 0.497 e. The molecule has 0 aromatic heterocycles. The standard InChI is InChI=1S/C30H30N4O4S/c1-19-26(29(36)33-21-8-5-4-6-9-21)27(34-16-7-17-39-30(34)31-19)20-10-12-22(13-11-20)32-28(35)24-15-14-23(37-2)18-25(24)38-3/h4-6,8-15,18,27H,7,16-17H2,1-3H3,(H,32,35)(H,33,36). The number of aliphatic imine (C=N–C) groups is 1. The predicted molar refractivity (Wildman–Crippen MR) is 156 cm³/mol. The molecule has 2 amide bonds. The minimum absolute atomic E-state index is 0.175. The Hall–Kier alpha value is -4.24. The van der Waals surface area contributed by atoms with Crippen LogP contribution >= 0.6 is 11.8 Å². The number of nitrogens with one attached hydrogen (secondary N) is 2. The minimum Gasteiger partial charge on any atom is -0.497 e. The Kier molecular flexibility index (Phi) is 7.88. The number of amides is 2. The molecule has 0 aliphatic carbocycles. The van der Waals surface area contributed by atoms with Crippen molar-refractivity contribution < 1.29 is 19.1 Å². The van der Waals surface area contributed by atoms with Gasteiger partial charge in [0.05, 0.1) is 37.1 Å². The Labute approximate surface area is 232 Å². The first-order chi connectivity index (χ1) is 19.0. The maximum Gasteiger partial charge on any atom is 0.259 e. The van der Waals surface area contributed by atoms with E-state index in [2.05, 4.69) is 15.5 Å². The Morgan fingerprint density at radius 3 is 2.36 bits per heavy atom. The average molecular weight is 543 g/mol. The number of nitrogens with zero attached hydrogens (tertiary/aromatic N) is 2. The molecule has 0 spiro atoms. The summed E-state index contributed by atoms with van der Waals surface area (Å²) < 4.78 is 10.6. The first kappa shape index (κ1) is 26.4. The first-order valence-corrected chi connectivity index (χ1v) is 13.7. The van der Waals surface area contributed by atoms with E-state index in [4.69, 9.17) is 14.5 Å². The zero-order chi connectivity index (χ0) is 27.4. The van der Waals surface area contributed by atoms with E-state index in [1.807, 2.05) is 61.5 Å². The number of rotatable bonds is 7. The Bertz CT molecular complexity index is 1440. The van der Waals surface area contributed by atoms with Gasteiger partial charge in [-0.1, -0.05) is 42.1 Å². The SMILES string of the molecule is COc1ccc(C(=O)Nc2ccc(C3C(C(=O)Nc4ccccc4)=C(C)N=C4SCCCN43)cc2)c(OC)c1. The molecule has 0 radical (unpaired) electrons. The van der Waals surface area contributed by atoms with E-state index in [1.54, 1.807) is 37.1 Å². The molecule has 0 bridgehead atoms. The van der Waals surface area contributed by atoms with Gasteiger partial charge in [-0.25, -0.2) is 4.99 Å². The van der Waals surface area contributed by atoms with E-state index < -0.39 is 0 Å². The highest BCUT2D eigenvalue weighted by atomic mass is 32.2. The number of anilines is 2. The molecule has 2 aliphatic heterocycles. The Balaban J connectivity index is 1.41. The molecule has 8 nitrogen and oxygen atoms in total. The fraction of sp³-hybridized carbons (Fsp3) is 0.233. The number of amidine groups is 1. The highest BCUT2D eigenvalue weighted by molar-refractivity contribution is 8.13. The van der Waals surface area contributed by atoms with Gasteiger partial charge < -0.3 is 25.0 Å². The number of carbonyl (C=O) groups is 2. The summed E-state index contributed by atoms with van der Waals surface area (Å²) in [6.07, 6.45) is 1.00. The molecule has 200 valence electrons. The van der Waals surface area contributed by atoms with Crippen molar-refractivity contribution in [2.45, 2.75) is 19.4 Å². The van der Waals surface area contributed by atoms with Crippen molar-refractivity contribution in [3.8, 4) is 11.5 Å². The number of hydrogen-bond acceptors (Lipinski definition) is 7. The second-order valence-corrected chi connectivity index (χ2v) is 10.2. The number of methoxy groups -OCH3 is 2. The lowest BCUT2D eigenvalue weighted by atomic mass is 9.93. The van der Waals surface area contributed by atoms with Crippen LogP contribution < -0.4 is 20.1 Å². The lowest BCUT2D eigenvalue weighted by Crippen LogP contribution is -2.43. The van der Waals surface area contributed by atoms with Gasteiger partial charge in [-0.2, -0.15) is 0 Å². The fourth-order valence-corrected chi connectivity index (χ4v) is 5.78. The fourth-order valence-electron chi connectivity index (χ4n) is 4.76. The highest BCUT2D eigenvalue weighted by Gasteiger charge is 2.37. The van der Waals surface area contributed by atoms with Crippen molar-refractivity contribution in [2.75, 3.05) is 37.2 Å². The summed E-state index contributed by atoms with van der Waals surface area (Å²) in [5.74, 6) is 1.57. The van der Waals surface area contributed by atoms with Gasteiger partial charge in [-0.3, -0.25) is 9.59 Å². The maximum atomic E-state index is 13.6. The number of benzene rings is 3. The second-order valence-electron chi connectivity index (χ2n) is 9.15. The summed E-state index contributed by atoms with van der Waals surface area (Å²) in [7, 11) is 3.08. The van der Waals surface area contributed by atoms with Gasteiger partial charge in [-0.05, 0) is 55.3 Å². The molecule has 2 aliphatic rings. The minimum atomic E-state index is -0.291. The van der Waals surface area contributed by atoms with E-state index in [9.17, 15) is 9.59 Å². The van der Waals surface area contributed by atoms with E-state index in [0.717, 1.165) is 35.1 Å². The summed E-state index contributed by atoms with van der Waals surface area (Å²) in [6.45, 7) is 2.70. The number of ether oxygens (including phenoxy) is 2. The third-order valence-corrected chi connectivity index (χ3v) is 7.75. The van der Waals surface area contributed by atoms with Crippen LogP contribution in [0.25, 0.3) is 0 Å². The summed E-state index contributed by atoms with van der Waals surface area (Å²) in [5, 5.41) is 6.91. The number of para-hydroxylation sites is 1. The molecule has 5 rings (SSSR count). The summed E-state index contributed by atoms with van der Waals surface area (Å²) in [5.41, 5.74) is 4.04. The van der Waals surface area contributed by atoms with Crippen molar-refractivity contribution in [2.24, 2.45) is 4.99 Å². The van der Waals surface area contributed by atoms with Gasteiger partial charge in [0.2, 0.25) is 0 Å². The van der Waals surface area contributed by atoms with Crippen molar-refractivity contribution in [3.05, 3.63) is 95.2 Å². The van der Waals surface area contributed by atoms with Crippen molar-refractivity contribution in [3.63, 3.8) is 0 Å². The van der Waals surface area contributed by atoms with Crippen LogP contribution in [-0.4, -0.2) is 48.4 Å². The molecule has 3 aromatic carbocycles. The molecule has 1 saturated heterocycles. The Morgan fingerprint density at radius 1 is 0.923 bits per heavy atom. The summed E-state index contributed by atoms with van der Waals surface area (Å²) in [4.78, 5) is 33.6. The number of fused-ring (bicyclic) bond motifs is 1. The predicted octanol–water partition coefficient (Wildman–Crippen LogP) is 5.72. The van der Waals surface area contributed by atoms with Gasteiger partial charge in [0.25, 0.3) is 11.8 Å². The van der Waals surface area contributed by atoms with Gasteiger partial charge in [-0.15, -0.1) is 0 Å². The molecule has 1 fully saturated rings. The van der Waals surface area contributed by atoms with E-state index in [0.29, 0.717) is 34.0 Å². The van der Waals surface area contributed by atoms with Crippen LogP contribution in [0.2, 0.25) is 0 Å². The maximum absolute atomic E-state index is 13.6. The van der Waals surface area contributed by atoms with Crippen LogP contribution in [0.5, 0.6) is 11.5 Å². The topological polar surface area (TPSA) is 92.3 Å². The third-order valence-electron chi connectivity index (χ3n) is 6.67. The van der Waals surface area contributed by atoms with Crippen molar-refractivity contribution >= 4 is 40.1 Å². The van der Waals surface area contributed by atoms with Crippen LogP contribution in [0.4, 0.5) is 11.4 Å². The third kappa shape index (κ3) is 5.63. The number of hydrogen-bond donors (Lipinski definition) is 2. The van der Waals surface area contributed by atoms with E-state index >= 15 is 0 Å². The normalized spacial score (nSPS) is 16.6. The van der Waals surface area contributed by atoms with Crippen molar-refractivity contribution in [1.29, 1.82) is 0 Å². The molecular formula is C30H30N4O4S. The zero-order valence-electron chi connectivity index (χ0n) is 22.1. The number of thioether (sulfide) groups is 1. The monoisotopic (exact) mass is 542 g/mol. The van der Waals surface area contributed by atoms with Crippen LogP contribution in [0.1, 0.15) is 35.3 Å². The van der Waals surface area contributed by atoms with Crippen LogP contribution in [-0.2, 0) is 4.79 Å². The van der Waals surface area contributed by atoms with Gasteiger partial charge in [0.1, 0.15) is 11.5 Å². The first-order valence-electron chi connectivity index (χ1n) is 12.7. The van der Waals surface area contributed by atoms with Crippen molar-refractivity contribution in [1.82, 2.24) is 4.90 Å². The molecule has 9 heteroatoms. The van der Waals surface area contributed by atoms with Gasteiger partial charge >= 0.3 is 0 Å². The number of carbonyl (C=O) groups excluding carboxylic acids is 2. The lowest BCUT2D eigenvalue weighted by Gasteiger charge is -2.40. The second kappa shape index (κ2) is 11.7. The van der Waals surface area contributed by atoms with Crippen LogP contribution in [0.15, 0.2) is 89.1 Å². The van der Waals surface area contributed by atoms with Gasteiger partial charge in [0, 0.05) is 29.7 Å². The highest BCUT2D eigenvalue weighted by Crippen LogP contribution is 2.40. The smallest absolute Gasteiger partial charge is 0.259 e. The van der Waals surface area contributed by atoms with Crippen LogP contribution in [0.3, 0.4) is 0 Å². The zero-order valence-corrected chi connectivity index (χ0v) is 22.9. The average Bonchev–Trinajstić information content (AvgIpc) is 2.97. The van der Waals surface area contributed by atoms with Gasteiger partial charge in [0.15, 0.2) is 5.17 Å². The molecule has 3 aromatic rings. The molecule has 2 heterocycles. The Morgan fingerprint density at radius 2 is 1.64 bits per heavy atom. The molecule has 1 unspecified atom stereocenters. The molecular weight excluding hydrogens is 512 g/mol. The van der Waals surface area contributed by atoms with E-state index in [1.165, 1.54) is 7.11 Å². The van der Waals surface area contributed by atoms with E-state index in [-0.39, 0.29) is 17.9 Å². The number of allylic oxidation sites excluding steroid dienone is 1. The lowest BCUT2D eigenvalue weighted by molar-refractivity contribution is -0.113. The van der Waals surface area contributed by atoms with Crippen LogP contribution in [0, 0.1) is 0 Å². The summed E-state index contributed by atoms with van der Waals surface area (Å²) >= 11 is 1.71. The molecule has 39 heavy (non-hydrogen) atoms. The molecule has 0 saturated carbocycles. The quantitative estimate of drug-likeness (QED) is 0.397. The molecule has 1 atom stereocenters.